The van der Waals surface area contributed by atoms with Gasteiger partial charge in [0.1, 0.15) is 5.82 Å². The maximum absolute atomic E-state index is 13.0. The van der Waals surface area contributed by atoms with Crippen LogP contribution in [0.2, 0.25) is 0 Å². The van der Waals surface area contributed by atoms with Crippen LogP contribution in [-0.2, 0) is 4.74 Å². The molecule has 1 fully saturated rings. The molecule has 0 spiro atoms. The second kappa shape index (κ2) is 4.93. The summed E-state index contributed by atoms with van der Waals surface area (Å²) in [6.07, 6.45) is 2.01. The van der Waals surface area contributed by atoms with E-state index in [9.17, 15) is 4.39 Å². The maximum atomic E-state index is 13.0. The summed E-state index contributed by atoms with van der Waals surface area (Å²) < 4.78 is 18.3. The number of nitrogens with two attached hydrogens (primary N) is 1. The lowest BCUT2D eigenvalue weighted by Gasteiger charge is -2.17. The molecule has 2 unspecified atom stereocenters. The van der Waals surface area contributed by atoms with Crippen LogP contribution in [0.5, 0.6) is 0 Å². The normalized spacial score (nSPS) is 22.3. The first-order chi connectivity index (χ1) is 7.66. The van der Waals surface area contributed by atoms with E-state index in [0.717, 1.165) is 37.2 Å². The minimum absolute atomic E-state index is 0.00713. The highest BCUT2D eigenvalue weighted by molar-refractivity contribution is 5.29. The molecule has 1 aliphatic heterocycles. The number of hydrogen-bond donors (Lipinski definition) is 1. The van der Waals surface area contributed by atoms with E-state index in [0.29, 0.717) is 5.92 Å². The van der Waals surface area contributed by atoms with Gasteiger partial charge in [-0.25, -0.2) is 4.39 Å². The molecule has 2 atom stereocenters. The Morgan fingerprint density at radius 1 is 1.56 bits per heavy atom. The van der Waals surface area contributed by atoms with E-state index >= 15 is 0 Å². The highest BCUT2D eigenvalue weighted by atomic mass is 19.1. The lowest BCUT2D eigenvalue weighted by Crippen LogP contribution is -2.16. The Morgan fingerprint density at radius 2 is 2.38 bits per heavy atom. The molecule has 0 bridgehead atoms. The summed E-state index contributed by atoms with van der Waals surface area (Å²) >= 11 is 0. The molecule has 0 aromatic heterocycles. The average molecular weight is 223 g/mol. The van der Waals surface area contributed by atoms with Crippen molar-refractivity contribution in [2.45, 2.75) is 25.8 Å². The largest absolute Gasteiger partial charge is 0.381 e. The van der Waals surface area contributed by atoms with Crippen molar-refractivity contribution in [2.24, 2.45) is 11.7 Å². The van der Waals surface area contributed by atoms with Crippen molar-refractivity contribution in [3.63, 3.8) is 0 Å². The summed E-state index contributed by atoms with van der Waals surface area (Å²) in [5, 5.41) is 0. The first-order valence-corrected chi connectivity index (χ1v) is 5.76. The Labute approximate surface area is 95.6 Å². The zero-order valence-electron chi connectivity index (χ0n) is 9.58. The van der Waals surface area contributed by atoms with Crippen molar-refractivity contribution < 1.29 is 9.13 Å². The standard InChI is InChI=1S/C13H18FNO/c1-9-6-11(14)2-3-12(9)13(15)7-10-4-5-16-8-10/h2-3,6,10,13H,4-5,7-8,15H2,1H3. The summed E-state index contributed by atoms with van der Waals surface area (Å²) in [6.45, 7) is 3.57. The van der Waals surface area contributed by atoms with Gasteiger partial charge in [-0.2, -0.15) is 0 Å². The fraction of sp³-hybridized carbons (Fsp3) is 0.538. The Balaban J connectivity index is 2.04. The fourth-order valence-electron chi connectivity index (χ4n) is 2.31. The van der Waals surface area contributed by atoms with E-state index in [2.05, 4.69) is 0 Å². The molecule has 1 aromatic carbocycles. The van der Waals surface area contributed by atoms with E-state index in [1.165, 1.54) is 6.07 Å². The number of rotatable bonds is 3. The Hall–Kier alpha value is -0.930. The quantitative estimate of drug-likeness (QED) is 0.854. The smallest absolute Gasteiger partial charge is 0.123 e. The van der Waals surface area contributed by atoms with Crippen molar-refractivity contribution in [2.75, 3.05) is 13.2 Å². The zero-order chi connectivity index (χ0) is 11.5. The molecule has 1 aliphatic rings. The van der Waals surface area contributed by atoms with Gasteiger partial charge in [0.2, 0.25) is 0 Å². The van der Waals surface area contributed by atoms with Crippen molar-refractivity contribution in [1.29, 1.82) is 0 Å². The fourth-order valence-corrected chi connectivity index (χ4v) is 2.31. The summed E-state index contributed by atoms with van der Waals surface area (Å²) in [5.41, 5.74) is 8.13. The SMILES string of the molecule is Cc1cc(F)ccc1C(N)CC1CCOC1. The molecule has 1 heterocycles. The van der Waals surface area contributed by atoms with Gasteiger partial charge in [0, 0.05) is 19.3 Å². The third-order valence-corrected chi connectivity index (χ3v) is 3.24. The molecule has 2 rings (SSSR count). The highest BCUT2D eigenvalue weighted by Gasteiger charge is 2.20. The average Bonchev–Trinajstić information content (AvgIpc) is 2.70. The van der Waals surface area contributed by atoms with Crippen molar-refractivity contribution in [3.8, 4) is 0 Å². The summed E-state index contributed by atoms with van der Waals surface area (Å²) in [4.78, 5) is 0. The molecule has 0 aliphatic carbocycles. The third kappa shape index (κ3) is 2.60. The van der Waals surface area contributed by atoms with E-state index < -0.39 is 0 Å². The summed E-state index contributed by atoms with van der Waals surface area (Å²) in [7, 11) is 0. The van der Waals surface area contributed by atoms with Gasteiger partial charge in [0.25, 0.3) is 0 Å². The zero-order valence-corrected chi connectivity index (χ0v) is 9.58. The van der Waals surface area contributed by atoms with Gasteiger partial charge >= 0.3 is 0 Å². The Morgan fingerprint density at radius 3 is 3.00 bits per heavy atom. The van der Waals surface area contributed by atoms with Gasteiger partial charge in [-0.15, -0.1) is 0 Å². The lowest BCUT2D eigenvalue weighted by molar-refractivity contribution is 0.182. The van der Waals surface area contributed by atoms with E-state index in [-0.39, 0.29) is 11.9 Å². The predicted molar refractivity (Wildman–Crippen MR) is 61.6 cm³/mol. The molecule has 3 heteroatoms. The molecule has 88 valence electrons. The van der Waals surface area contributed by atoms with Gasteiger partial charge in [-0.3, -0.25) is 0 Å². The minimum atomic E-state index is -0.197. The monoisotopic (exact) mass is 223 g/mol. The van der Waals surface area contributed by atoms with E-state index in [4.69, 9.17) is 10.5 Å². The second-order valence-corrected chi connectivity index (χ2v) is 4.57. The molecule has 1 saturated heterocycles. The topological polar surface area (TPSA) is 35.2 Å². The first kappa shape index (κ1) is 11.6. The minimum Gasteiger partial charge on any atom is -0.381 e. The summed E-state index contributed by atoms with van der Waals surface area (Å²) in [6, 6.07) is 4.81. The van der Waals surface area contributed by atoms with Gasteiger partial charge in [0.05, 0.1) is 0 Å². The molecule has 0 saturated carbocycles. The van der Waals surface area contributed by atoms with Crippen LogP contribution in [0.1, 0.15) is 30.0 Å². The van der Waals surface area contributed by atoms with Crippen LogP contribution in [0, 0.1) is 18.7 Å². The maximum Gasteiger partial charge on any atom is 0.123 e. The van der Waals surface area contributed by atoms with Crippen molar-refractivity contribution >= 4 is 0 Å². The van der Waals surface area contributed by atoms with Crippen LogP contribution in [-0.4, -0.2) is 13.2 Å². The molecular weight excluding hydrogens is 205 g/mol. The van der Waals surface area contributed by atoms with Gasteiger partial charge in [-0.1, -0.05) is 6.07 Å². The number of hydrogen-bond acceptors (Lipinski definition) is 2. The molecule has 1 aromatic rings. The Bertz CT molecular complexity index is 361. The molecule has 2 N–H and O–H groups in total. The summed E-state index contributed by atoms with van der Waals surface area (Å²) in [5.74, 6) is 0.358. The predicted octanol–water partition coefficient (Wildman–Crippen LogP) is 2.56. The van der Waals surface area contributed by atoms with Crippen LogP contribution in [0.3, 0.4) is 0 Å². The van der Waals surface area contributed by atoms with E-state index in [1.54, 1.807) is 12.1 Å². The van der Waals surface area contributed by atoms with Crippen LogP contribution >= 0.6 is 0 Å². The van der Waals surface area contributed by atoms with Gasteiger partial charge in [0.15, 0.2) is 0 Å². The van der Waals surface area contributed by atoms with Gasteiger partial charge < -0.3 is 10.5 Å². The van der Waals surface area contributed by atoms with Gasteiger partial charge in [-0.05, 0) is 48.9 Å². The highest BCUT2D eigenvalue weighted by Crippen LogP contribution is 2.26. The lowest BCUT2D eigenvalue weighted by atomic mass is 9.92. The number of benzene rings is 1. The number of halogens is 1. The second-order valence-electron chi connectivity index (χ2n) is 4.57. The molecule has 16 heavy (non-hydrogen) atoms. The van der Waals surface area contributed by atoms with Crippen LogP contribution in [0.4, 0.5) is 4.39 Å². The van der Waals surface area contributed by atoms with Crippen LogP contribution < -0.4 is 5.73 Å². The van der Waals surface area contributed by atoms with E-state index in [1.807, 2.05) is 6.92 Å². The molecular formula is C13H18FNO. The number of ether oxygens (including phenoxy) is 1. The molecule has 0 radical (unpaired) electrons. The van der Waals surface area contributed by atoms with Crippen LogP contribution in [0.25, 0.3) is 0 Å². The number of aryl methyl sites for hydroxylation is 1. The molecule has 0 amide bonds. The Kier molecular flexibility index (Phi) is 3.56. The first-order valence-electron chi connectivity index (χ1n) is 5.76. The van der Waals surface area contributed by atoms with Crippen LogP contribution in [0.15, 0.2) is 18.2 Å². The molecule has 2 nitrogen and oxygen atoms in total. The third-order valence-electron chi connectivity index (χ3n) is 3.24. The van der Waals surface area contributed by atoms with Crippen molar-refractivity contribution in [3.05, 3.63) is 35.1 Å². The van der Waals surface area contributed by atoms with Crippen molar-refractivity contribution in [1.82, 2.24) is 0 Å².